The van der Waals surface area contributed by atoms with Crippen molar-refractivity contribution in [3.05, 3.63) is 40.3 Å². The molecule has 1 amide bonds. The highest BCUT2D eigenvalue weighted by Gasteiger charge is 2.27. The second-order valence-corrected chi connectivity index (χ2v) is 8.13. The monoisotopic (exact) mass is 390 g/mol. The molecular weight excluding hydrogens is 368 g/mol. The Bertz CT molecular complexity index is 817. The first-order valence-electron chi connectivity index (χ1n) is 8.69. The largest absolute Gasteiger partial charge is 0.462 e. The molecule has 1 heterocycles. The van der Waals surface area contributed by atoms with Crippen LogP contribution in [0.3, 0.4) is 0 Å². The van der Waals surface area contributed by atoms with Gasteiger partial charge in [-0.05, 0) is 50.3 Å². The highest BCUT2D eigenvalue weighted by Crippen LogP contribution is 2.38. The van der Waals surface area contributed by atoms with Crippen molar-refractivity contribution in [2.45, 2.75) is 37.5 Å². The summed E-state index contributed by atoms with van der Waals surface area (Å²) in [4.78, 5) is 26.9. The summed E-state index contributed by atoms with van der Waals surface area (Å²) < 4.78 is 5.21. The molecule has 0 radical (unpaired) electrons. The standard InChI is InChI=1S/C19H22N2O3S2/c1-2-24-19(23)17-12-7-3-5-9-14(12)26-18(17)21-16(22)11-25-15-10-6-4-8-13(15)20/h4,6,8,10H,2-3,5,7,9,11,20H2,1H3,(H,21,22). The predicted molar refractivity (Wildman–Crippen MR) is 107 cm³/mol. The highest BCUT2D eigenvalue weighted by atomic mass is 32.2. The Kier molecular flexibility index (Phi) is 6.21. The van der Waals surface area contributed by atoms with Crippen molar-refractivity contribution < 1.29 is 14.3 Å². The molecule has 138 valence electrons. The van der Waals surface area contributed by atoms with Gasteiger partial charge in [0.25, 0.3) is 0 Å². The molecule has 0 aliphatic heterocycles. The number of para-hydroxylation sites is 1. The summed E-state index contributed by atoms with van der Waals surface area (Å²) in [5.74, 6) is -0.261. The molecule has 5 nitrogen and oxygen atoms in total. The Labute approximate surface area is 161 Å². The maximum atomic E-state index is 12.4. The number of aryl methyl sites for hydroxylation is 1. The summed E-state index contributed by atoms with van der Waals surface area (Å²) >= 11 is 2.89. The van der Waals surface area contributed by atoms with Crippen LogP contribution in [0.15, 0.2) is 29.2 Å². The molecule has 1 aliphatic rings. The number of nitrogens with two attached hydrogens (primary N) is 1. The number of benzene rings is 1. The van der Waals surface area contributed by atoms with Gasteiger partial charge in [0.1, 0.15) is 5.00 Å². The minimum absolute atomic E-state index is 0.151. The van der Waals surface area contributed by atoms with Crippen molar-refractivity contribution in [3.63, 3.8) is 0 Å². The quantitative estimate of drug-likeness (QED) is 0.441. The molecule has 3 rings (SSSR count). The first-order chi connectivity index (χ1) is 12.6. The van der Waals surface area contributed by atoms with Crippen molar-refractivity contribution in [3.8, 4) is 0 Å². The minimum atomic E-state index is -0.345. The molecule has 2 aromatic rings. The smallest absolute Gasteiger partial charge is 0.341 e. The molecule has 26 heavy (non-hydrogen) atoms. The lowest BCUT2D eigenvalue weighted by Crippen LogP contribution is -2.17. The van der Waals surface area contributed by atoms with Crippen LogP contribution in [-0.4, -0.2) is 24.2 Å². The molecule has 0 fully saturated rings. The van der Waals surface area contributed by atoms with E-state index >= 15 is 0 Å². The predicted octanol–water partition coefficient (Wildman–Crippen LogP) is 4.12. The highest BCUT2D eigenvalue weighted by molar-refractivity contribution is 8.00. The van der Waals surface area contributed by atoms with E-state index in [4.69, 9.17) is 10.5 Å². The second kappa shape index (κ2) is 8.60. The van der Waals surface area contributed by atoms with E-state index < -0.39 is 0 Å². The fraction of sp³-hybridized carbons (Fsp3) is 0.368. The number of nitrogens with one attached hydrogen (secondary N) is 1. The van der Waals surface area contributed by atoms with Crippen LogP contribution >= 0.6 is 23.1 Å². The zero-order chi connectivity index (χ0) is 18.5. The van der Waals surface area contributed by atoms with Crippen LogP contribution in [0.25, 0.3) is 0 Å². The van der Waals surface area contributed by atoms with Crippen LogP contribution in [0.2, 0.25) is 0 Å². The SMILES string of the molecule is CCOC(=O)c1c(NC(=O)CSc2ccccc2N)sc2c1CCCC2. The molecule has 1 aromatic carbocycles. The number of thioether (sulfide) groups is 1. The van der Waals surface area contributed by atoms with Gasteiger partial charge in [0, 0.05) is 15.5 Å². The van der Waals surface area contributed by atoms with Gasteiger partial charge < -0.3 is 15.8 Å². The van der Waals surface area contributed by atoms with E-state index in [1.54, 1.807) is 6.92 Å². The fourth-order valence-corrected chi connectivity index (χ4v) is 5.05. The molecule has 7 heteroatoms. The van der Waals surface area contributed by atoms with Gasteiger partial charge in [-0.15, -0.1) is 23.1 Å². The van der Waals surface area contributed by atoms with Gasteiger partial charge in [-0.2, -0.15) is 0 Å². The lowest BCUT2D eigenvalue weighted by Gasteiger charge is -2.12. The van der Waals surface area contributed by atoms with Gasteiger partial charge >= 0.3 is 5.97 Å². The number of amides is 1. The number of hydrogen-bond donors (Lipinski definition) is 2. The number of fused-ring (bicyclic) bond motifs is 1. The Balaban J connectivity index is 1.74. The topological polar surface area (TPSA) is 81.4 Å². The fourth-order valence-electron chi connectivity index (χ4n) is 2.99. The van der Waals surface area contributed by atoms with Crippen LogP contribution in [0.4, 0.5) is 10.7 Å². The van der Waals surface area contributed by atoms with E-state index in [9.17, 15) is 9.59 Å². The molecule has 0 spiro atoms. The van der Waals surface area contributed by atoms with E-state index in [0.717, 1.165) is 36.1 Å². The lowest BCUT2D eigenvalue weighted by molar-refractivity contribution is -0.113. The third-order valence-corrected chi connectivity index (χ3v) is 6.48. The van der Waals surface area contributed by atoms with Crippen LogP contribution in [-0.2, 0) is 22.4 Å². The number of anilines is 2. The molecule has 0 unspecified atom stereocenters. The zero-order valence-electron chi connectivity index (χ0n) is 14.7. The Morgan fingerprint density at radius 1 is 1.27 bits per heavy atom. The number of esters is 1. The number of nitrogen functional groups attached to an aromatic ring is 1. The van der Waals surface area contributed by atoms with E-state index in [-0.39, 0.29) is 17.6 Å². The van der Waals surface area contributed by atoms with Crippen LogP contribution in [0.1, 0.15) is 40.6 Å². The minimum Gasteiger partial charge on any atom is -0.462 e. The van der Waals surface area contributed by atoms with Gasteiger partial charge in [0.15, 0.2) is 0 Å². The number of hydrogen-bond acceptors (Lipinski definition) is 6. The van der Waals surface area contributed by atoms with Gasteiger partial charge in [-0.25, -0.2) is 4.79 Å². The first-order valence-corrected chi connectivity index (χ1v) is 10.5. The van der Waals surface area contributed by atoms with Crippen molar-refractivity contribution in [1.82, 2.24) is 0 Å². The number of ether oxygens (including phenoxy) is 1. The van der Waals surface area contributed by atoms with Gasteiger partial charge in [-0.3, -0.25) is 4.79 Å². The summed E-state index contributed by atoms with van der Waals surface area (Å²) in [7, 11) is 0. The van der Waals surface area contributed by atoms with Crippen LogP contribution < -0.4 is 11.1 Å². The zero-order valence-corrected chi connectivity index (χ0v) is 16.3. The average molecular weight is 391 g/mol. The van der Waals surface area contributed by atoms with E-state index in [1.807, 2.05) is 24.3 Å². The first kappa shape index (κ1) is 18.8. The molecule has 0 saturated carbocycles. The van der Waals surface area contributed by atoms with Gasteiger partial charge in [0.2, 0.25) is 5.91 Å². The Hall–Kier alpha value is -1.99. The summed E-state index contributed by atoms with van der Waals surface area (Å²) in [5.41, 5.74) is 8.16. The summed E-state index contributed by atoms with van der Waals surface area (Å²) in [5, 5.41) is 3.53. The van der Waals surface area contributed by atoms with Gasteiger partial charge in [0.05, 0.1) is 17.9 Å². The van der Waals surface area contributed by atoms with Crippen molar-refractivity contribution >= 4 is 45.7 Å². The average Bonchev–Trinajstić information content (AvgIpc) is 2.99. The molecule has 0 atom stereocenters. The maximum Gasteiger partial charge on any atom is 0.341 e. The van der Waals surface area contributed by atoms with Gasteiger partial charge in [-0.1, -0.05) is 12.1 Å². The Morgan fingerprint density at radius 3 is 2.81 bits per heavy atom. The van der Waals surface area contributed by atoms with E-state index in [1.165, 1.54) is 28.0 Å². The lowest BCUT2D eigenvalue weighted by atomic mass is 9.95. The molecule has 0 saturated heterocycles. The Morgan fingerprint density at radius 2 is 2.04 bits per heavy atom. The number of carbonyl (C=O) groups excluding carboxylic acids is 2. The number of thiophene rings is 1. The normalized spacial score (nSPS) is 13.1. The molecular formula is C19H22N2O3S2. The second-order valence-electron chi connectivity index (χ2n) is 6.01. The summed E-state index contributed by atoms with van der Waals surface area (Å²) in [6.45, 7) is 2.11. The van der Waals surface area contributed by atoms with Crippen molar-refractivity contribution in [2.75, 3.05) is 23.4 Å². The number of carbonyl (C=O) groups is 2. The van der Waals surface area contributed by atoms with Crippen molar-refractivity contribution in [1.29, 1.82) is 0 Å². The molecule has 1 aromatic heterocycles. The molecule has 1 aliphatic carbocycles. The maximum absolute atomic E-state index is 12.4. The van der Waals surface area contributed by atoms with Crippen LogP contribution in [0, 0.1) is 0 Å². The number of rotatable bonds is 6. The summed E-state index contributed by atoms with van der Waals surface area (Å²) in [6.07, 6.45) is 4.00. The molecule has 0 bridgehead atoms. The van der Waals surface area contributed by atoms with E-state index in [0.29, 0.717) is 22.9 Å². The summed E-state index contributed by atoms with van der Waals surface area (Å²) in [6, 6.07) is 7.46. The van der Waals surface area contributed by atoms with Crippen molar-refractivity contribution in [2.24, 2.45) is 0 Å². The third-order valence-electron chi connectivity index (χ3n) is 4.18. The third kappa shape index (κ3) is 4.22. The molecule has 3 N–H and O–H groups in total. The van der Waals surface area contributed by atoms with E-state index in [2.05, 4.69) is 5.32 Å². The van der Waals surface area contributed by atoms with Crippen LogP contribution in [0.5, 0.6) is 0 Å².